The zero-order chi connectivity index (χ0) is 22.6. The number of nitrogens with zero attached hydrogens (tertiary/aromatic N) is 3. The number of nitriles is 1. The monoisotopic (exact) mass is 431 g/mol. The minimum absolute atomic E-state index is 0.179. The largest absolute Gasteiger partial charge is 0.382 e. The summed E-state index contributed by atoms with van der Waals surface area (Å²) in [7, 11) is 1.65. The van der Waals surface area contributed by atoms with Gasteiger partial charge in [-0.05, 0) is 36.1 Å². The molecule has 3 aromatic rings. The van der Waals surface area contributed by atoms with Gasteiger partial charge in [0.15, 0.2) is 5.82 Å². The first-order chi connectivity index (χ1) is 15.5. The smallest absolute Gasteiger partial charge is 0.272 e. The molecule has 0 radical (unpaired) electrons. The van der Waals surface area contributed by atoms with Crippen LogP contribution in [0.5, 0.6) is 0 Å². The van der Waals surface area contributed by atoms with Crippen molar-refractivity contribution in [1.29, 1.82) is 5.26 Å². The molecular weight excluding hydrogens is 406 g/mol. The molecule has 1 aliphatic carbocycles. The Bertz CT molecular complexity index is 1180. The molecule has 2 N–H and O–H groups in total. The lowest BCUT2D eigenvalue weighted by Gasteiger charge is -2.29. The topological polar surface area (TPSA) is 113 Å². The zero-order valence-electron chi connectivity index (χ0n) is 17.9. The Hall–Kier alpha value is -3.70. The minimum Gasteiger partial charge on any atom is -0.382 e. The molecule has 4 rings (SSSR count). The molecule has 2 heterocycles. The third-order valence-electron chi connectivity index (χ3n) is 5.89. The number of methoxy groups -OCH3 is 1. The number of carbonyl (C=O) groups excluding carboxylic acids is 1. The number of benzene rings is 1. The summed E-state index contributed by atoms with van der Waals surface area (Å²) in [6.07, 6.45) is 7.47. The van der Waals surface area contributed by atoms with Crippen LogP contribution in [-0.2, 0) is 11.2 Å². The number of nitrogens with one attached hydrogen (secondary N) is 2. The Kier molecular flexibility index (Phi) is 6.19. The minimum atomic E-state index is -0.312. The third kappa shape index (κ3) is 4.48. The summed E-state index contributed by atoms with van der Waals surface area (Å²) < 4.78 is 6.86. The normalized spacial score (nSPS) is 14.8. The van der Waals surface area contributed by atoms with Crippen LogP contribution < -0.4 is 10.9 Å². The fourth-order valence-electron chi connectivity index (χ4n) is 4.22. The highest BCUT2D eigenvalue weighted by Crippen LogP contribution is 2.30. The average molecular weight is 431 g/mol. The highest BCUT2D eigenvalue weighted by Gasteiger charge is 2.35. The van der Waals surface area contributed by atoms with Crippen molar-refractivity contribution in [2.24, 2.45) is 0 Å². The molecule has 1 saturated carbocycles. The maximum atomic E-state index is 12.8. The lowest BCUT2D eigenvalue weighted by atomic mass is 9.98. The maximum Gasteiger partial charge on any atom is 0.272 e. The predicted molar refractivity (Wildman–Crippen MR) is 119 cm³/mol. The number of ether oxygens (including phenoxy) is 1. The summed E-state index contributed by atoms with van der Waals surface area (Å²) in [5, 5.41) is 14.7. The molecule has 2 aromatic heterocycles. The van der Waals surface area contributed by atoms with Crippen molar-refractivity contribution in [3.63, 3.8) is 0 Å². The fourth-order valence-corrected chi connectivity index (χ4v) is 4.22. The van der Waals surface area contributed by atoms with E-state index in [4.69, 9.17) is 10.00 Å². The molecule has 0 atom stereocenters. The van der Waals surface area contributed by atoms with E-state index >= 15 is 0 Å². The van der Waals surface area contributed by atoms with Gasteiger partial charge in [0.05, 0.1) is 35.8 Å². The van der Waals surface area contributed by atoms with E-state index in [0.717, 1.165) is 36.8 Å². The van der Waals surface area contributed by atoms with Crippen molar-refractivity contribution >= 4 is 5.91 Å². The number of hydrogen-bond acceptors (Lipinski definition) is 5. The van der Waals surface area contributed by atoms with E-state index in [1.165, 1.54) is 10.9 Å². The first-order valence-corrected chi connectivity index (χ1v) is 10.6. The van der Waals surface area contributed by atoms with Crippen LogP contribution >= 0.6 is 0 Å². The van der Waals surface area contributed by atoms with Crippen molar-refractivity contribution in [3.05, 3.63) is 70.3 Å². The summed E-state index contributed by atoms with van der Waals surface area (Å²) in [6.45, 7) is 0.495. The summed E-state index contributed by atoms with van der Waals surface area (Å²) in [5.74, 6) is 0.320. The SMILES string of the molecule is COCC1(NC(=O)c2ccc(-n3cc(-c4ccc(CC#N)cc4)c(=O)[nH]3)nc2)CCCC1. The molecule has 1 aliphatic rings. The van der Waals surface area contributed by atoms with E-state index < -0.39 is 0 Å². The number of carbonyl (C=O) groups is 1. The highest BCUT2D eigenvalue weighted by molar-refractivity contribution is 5.94. The van der Waals surface area contributed by atoms with E-state index in [0.29, 0.717) is 30.0 Å². The van der Waals surface area contributed by atoms with Gasteiger partial charge in [-0.2, -0.15) is 5.26 Å². The molecule has 0 saturated heterocycles. The van der Waals surface area contributed by atoms with Gasteiger partial charge < -0.3 is 10.1 Å². The van der Waals surface area contributed by atoms with Crippen LogP contribution in [0.15, 0.2) is 53.6 Å². The van der Waals surface area contributed by atoms with Gasteiger partial charge in [-0.25, -0.2) is 9.67 Å². The van der Waals surface area contributed by atoms with Crippen LogP contribution in [0.25, 0.3) is 16.9 Å². The molecule has 0 unspecified atom stereocenters. The second-order valence-corrected chi connectivity index (χ2v) is 8.17. The first kappa shape index (κ1) is 21.5. The van der Waals surface area contributed by atoms with Crippen molar-refractivity contribution in [2.45, 2.75) is 37.6 Å². The quantitative estimate of drug-likeness (QED) is 0.597. The van der Waals surface area contributed by atoms with Crippen LogP contribution in [0, 0.1) is 11.3 Å². The van der Waals surface area contributed by atoms with Gasteiger partial charge in [0.1, 0.15) is 0 Å². The lowest BCUT2D eigenvalue weighted by Crippen LogP contribution is -2.49. The van der Waals surface area contributed by atoms with Gasteiger partial charge in [-0.15, -0.1) is 0 Å². The second-order valence-electron chi connectivity index (χ2n) is 8.17. The Morgan fingerprint density at radius 3 is 2.62 bits per heavy atom. The van der Waals surface area contributed by atoms with Crippen LogP contribution in [0.2, 0.25) is 0 Å². The van der Waals surface area contributed by atoms with Gasteiger partial charge in [0.25, 0.3) is 11.5 Å². The molecule has 8 nitrogen and oxygen atoms in total. The molecule has 0 spiro atoms. The van der Waals surface area contributed by atoms with Gasteiger partial charge >= 0.3 is 0 Å². The van der Waals surface area contributed by atoms with E-state index in [1.807, 2.05) is 24.3 Å². The Morgan fingerprint density at radius 1 is 1.25 bits per heavy atom. The number of amides is 1. The van der Waals surface area contributed by atoms with Crippen LogP contribution in [0.4, 0.5) is 0 Å². The Balaban J connectivity index is 1.51. The molecule has 32 heavy (non-hydrogen) atoms. The molecule has 0 aliphatic heterocycles. The zero-order valence-corrected chi connectivity index (χ0v) is 17.9. The lowest BCUT2D eigenvalue weighted by molar-refractivity contribution is 0.0767. The van der Waals surface area contributed by atoms with Gasteiger partial charge in [0.2, 0.25) is 0 Å². The maximum absolute atomic E-state index is 12.8. The van der Waals surface area contributed by atoms with E-state index in [-0.39, 0.29) is 17.0 Å². The first-order valence-electron chi connectivity index (χ1n) is 10.6. The van der Waals surface area contributed by atoms with Crippen LogP contribution in [0.3, 0.4) is 0 Å². The summed E-state index contributed by atoms with van der Waals surface area (Å²) >= 11 is 0. The summed E-state index contributed by atoms with van der Waals surface area (Å²) in [6, 6.07) is 12.8. The van der Waals surface area contributed by atoms with Crippen LogP contribution in [0.1, 0.15) is 41.6 Å². The summed E-state index contributed by atoms with van der Waals surface area (Å²) in [5.41, 5.74) is 2.05. The number of H-pyrrole nitrogens is 1. The Morgan fingerprint density at radius 2 is 2.00 bits per heavy atom. The molecule has 1 amide bonds. The molecule has 8 heteroatoms. The van der Waals surface area contributed by atoms with Gasteiger partial charge in [-0.1, -0.05) is 37.1 Å². The number of aromatic amines is 1. The highest BCUT2D eigenvalue weighted by atomic mass is 16.5. The number of hydrogen-bond donors (Lipinski definition) is 2. The predicted octanol–water partition coefficient (Wildman–Crippen LogP) is 2.98. The molecular formula is C24H25N5O3. The average Bonchev–Trinajstić information content (AvgIpc) is 3.42. The van der Waals surface area contributed by atoms with E-state index in [9.17, 15) is 9.59 Å². The second kappa shape index (κ2) is 9.20. The van der Waals surface area contributed by atoms with Crippen LogP contribution in [-0.4, -0.2) is 39.9 Å². The van der Waals surface area contributed by atoms with E-state index in [1.54, 1.807) is 25.4 Å². The third-order valence-corrected chi connectivity index (χ3v) is 5.89. The summed E-state index contributed by atoms with van der Waals surface area (Å²) in [4.78, 5) is 29.6. The number of pyridine rings is 1. The van der Waals surface area contributed by atoms with Crippen molar-refractivity contribution in [3.8, 4) is 23.0 Å². The fraction of sp³-hybridized carbons (Fsp3) is 0.333. The Labute approximate surface area is 185 Å². The molecule has 1 aromatic carbocycles. The van der Waals surface area contributed by atoms with Crippen molar-refractivity contribution in [1.82, 2.24) is 20.1 Å². The van der Waals surface area contributed by atoms with Crippen molar-refractivity contribution < 1.29 is 9.53 Å². The van der Waals surface area contributed by atoms with E-state index in [2.05, 4.69) is 21.5 Å². The molecule has 0 bridgehead atoms. The standard InChI is InChI=1S/C24H25N5O3/c1-32-16-24(11-2-3-12-24)27-22(30)19-8-9-21(26-14-19)29-15-20(23(31)28-29)18-6-4-17(5-7-18)10-13-25/h4-9,14-15H,2-3,10-12,16H2,1H3,(H,27,30)(H,28,31). The number of rotatable bonds is 7. The van der Waals surface area contributed by atoms with Gasteiger partial charge in [0, 0.05) is 19.5 Å². The van der Waals surface area contributed by atoms with Gasteiger partial charge in [-0.3, -0.25) is 14.7 Å². The molecule has 164 valence electrons. The number of aromatic nitrogens is 3. The van der Waals surface area contributed by atoms with Crippen molar-refractivity contribution in [2.75, 3.05) is 13.7 Å². The molecule has 1 fully saturated rings.